The predicted octanol–water partition coefficient (Wildman–Crippen LogP) is -6.67. The second kappa shape index (κ2) is 13.7. The Morgan fingerprint density at radius 2 is 0.881 bits per heavy atom. The van der Waals surface area contributed by atoms with Crippen molar-refractivity contribution in [2.75, 3.05) is 6.61 Å². The maximum absolute atomic E-state index is 11.1. The number of ether oxygens (including phenoxy) is 7. The Balaban J connectivity index is 1.53. The van der Waals surface area contributed by atoms with Crippen molar-refractivity contribution in [2.45, 2.75) is 144 Å². The molecule has 246 valence electrons. The second-order valence-corrected chi connectivity index (χ2v) is 11.1. The lowest BCUT2D eigenvalue weighted by Gasteiger charge is -2.49. The first-order valence-electron chi connectivity index (χ1n) is 13.7. The summed E-state index contributed by atoms with van der Waals surface area (Å²) < 4.78 is 38.6. The summed E-state index contributed by atoms with van der Waals surface area (Å²) in [6, 6.07) is 0. The van der Waals surface area contributed by atoms with Gasteiger partial charge in [0, 0.05) is 0 Å². The van der Waals surface area contributed by atoms with E-state index in [9.17, 15) is 56.2 Å². The predicted molar refractivity (Wildman–Crippen MR) is 130 cm³/mol. The summed E-state index contributed by atoms with van der Waals surface area (Å²) in [6.07, 6.45) is -31.3. The Morgan fingerprint density at radius 3 is 1.48 bits per heavy atom. The fourth-order valence-corrected chi connectivity index (χ4v) is 5.35. The van der Waals surface area contributed by atoms with Crippen molar-refractivity contribution in [3.8, 4) is 0 Å². The van der Waals surface area contributed by atoms with Gasteiger partial charge in [0.05, 0.1) is 24.9 Å². The van der Waals surface area contributed by atoms with E-state index in [0.29, 0.717) is 0 Å². The molecule has 0 aromatic heterocycles. The molecule has 0 unspecified atom stereocenters. The third-order valence-corrected chi connectivity index (χ3v) is 8.09. The molecule has 0 aromatic carbocycles. The van der Waals surface area contributed by atoms with Crippen LogP contribution >= 0.6 is 0 Å². The van der Waals surface area contributed by atoms with Gasteiger partial charge in [-0.15, -0.1) is 0 Å². The Labute approximate surface area is 240 Å². The molecular weight excluding hydrogens is 576 g/mol. The molecular formula is C24H42O18. The molecule has 0 spiro atoms. The number of hydrogen-bond donors (Lipinski definition) is 11. The first-order valence-corrected chi connectivity index (χ1v) is 13.7. The highest BCUT2D eigenvalue weighted by atomic mass is 16.8. The van der Waals surface area contributed by atoms with E-state index >= 15 is 0 Å². The molecule has 4 saturated heterocycles. The van der Waals surface area contributed by atoms with Gasteiger partial charge in [0.25, 0.3) is 0 Å². The van der Waals surface area contributed by atoms with E-state index in [1.165, 1.54) is 20.8 Å². The summed E-state index contributed by atoms with van der Waals surface area (Å²) in [5.41, 5.74) is 0. The fraction of sp³-hybridized carbons (Fsp3) is 1.00. The van der Waals surface area contributed by atoms with Crippen molar-refractivity contribution < 1.29 is 89.3 Å². The number of rotatable bonds is 7. The molecule has 0 aromatic rings. The van der Waals surface area contributed by atoms with Gasteiger partial charge in [-0.05, 0) is 20.8 Å². The summed E-state index contributed by atoms with van der Waals surface area (Å²) in [7, 11) is 0. The Kier molecular flexibility index (Phi) is 11.2. The summed E-state index contributed by atoms with van der Waals surface area (Å²) in [4.78, 5) is 0. The van der Waals surface area contributed by atoms with Crippen molar-refractivity contribution in [3.63, 3.8) is 0 Å². The Bertz CT molecular complexity index is 869. The van der Waals surface area contributed by atoms with Crippen molar-refractivity contribution >= 4 is 0 Å². The highest BCUT2D eigenvalue weighted by Crippen LogP contribution is 2.34. The zero-order chi connectivity index (χ0) is 31.2. The molecule has 18 nitrogen and oxygen atoms in total. The molecule has 0 bridgehead atoms. The smallest absolute Gasteiger partial charge is 0.187 e. The molecule has 4 heterocycles. The molecule has 18 heteroatoms. The maximum atomic E-state index is 11.1. The zero-order valence-electron chi connectivity index (χ0n) is 23.0. The van der Waals surface area contributed by atoms with Gasteiger partial charge in [0.1, 0.15) is 79.4 Å². The summed E-state index contributed by atoms with van der Waals surface area (Å²) in [5, 5.41) is 114. The summed E-state index contributed by atoms with van der Waals surface area (Å²) >= 11 is 0. The topological polar surface area (TPSA) is 287 Å². The van der Waals surface area contributed by atoms with Crippen molar-refractivity contribution in [3.05, 3.63) is 0 Å². The second-order valence-electron chi connectivity index (χ2n) is 11.1. The summed E-state index contributed by atoms with van der Waals surface area (Å²) in [5.74, 6) is 0. The zero-order valence-corrected chi connectivity index (χ0v) is 23.0. The van der Waals surface area contributed by atoms with Gasteiger partial charge in [-0.2, -0.15) is 0 Å². The highest BCUT2D eigenvalue weighted by Gasteiger charge is 2.54. The van der Waals surface area contributed by atoms with Crippen molar-refractivity contribution in [1.82, 2.24) is 0 Å². The van der Waals surface area contributed by atoms with Gasteiger partial charge in [0.2, 0.25) is 0 Å². The van der Waals surface area contributed by atoms with Gasteiger partial charge in [-0.3, -0.25) is 0 Å². The minimum absolute atomic E-state index is 0.744. The normalized spacial score (nSPS) is 55.9. The van der Waals surface area contributed by atoms with Gasteiger partial charge < -0.3 is 89.3 Å². The van der Waals surface area contributed by atoms with Crippen LogP contribution in [0.3, 0.4) is 0 Å². The van der Waals surface area contributed by atoms with Gasteiger partial charge in [-0.1, -0.05) is 0 Å². The highest BCUT2D eigenvalue weighted by molar-refractivity contribution is 4.96. The van der Waals surface area contributed by atoms with E-state index in [1.54, 1.807) is 0 Å². The summed E-state index contributed by atoms with van der Waals surface area (Å²) in [6.45, 7) is 3.45. The van der Waals surface area contributed by atoms with Crippen molar-refractivity contribution in [2.24, 2.45) is 0 Å². The number of aliphatic hydroxyl groups excluding tert-OH is 11. The molecule has 0 amide bonds. The van der Waals surface area contributed by atoms with Crippen LogP contribution in [0.25, 0.3) is 0 Å². The van der Waals surface area contributed by atoms with E-state index in [1.807, 2.05) is 0 Å². The van der Waals surface area contributed by atoms with E-state index in [0.717, 1.165) is 0 Å². The maximum Gasteiger partial charge on any atom is 0.187 e. The first-order chi connectivity index (χ1) is 19.7. The van der Waals surface area contributed by atoms with Crippen LogP contribution in [0.15, 0.2) is 0 Å². The van der Waals surface area contributed by atoms with E-state index < -0.39 is 129 Å². The van der Waals surface area contributed by atoms with E-state index in [-0.39, 0.29) is 0 Å². The molecule has 11 N–H and O–H groups in total. The lowest BCUT2D eigenvalue weighted by Crippen LogP contribution is -2.67. The monoisotopic (exact) mass is 618 g/mol. The molecule has 42 heavy (non-hydrogen) atoms. The third-order valence-electron chi connectivity index (χ3n) is 8.09. The molecule has 0 aliphatic carbocycles. The van der Waals surface area contributed by atoms with Crippen molar-refractivity contribution in [1.29, 1.82) is 0 Å². The van der Waals surface area contributed by atoms with Crippen LogP contribution in [0.2, 0.25) is 0 Å². The molecule has 0 radical (unpaired) electrons. The standard InChI is InChI=1S/C24H42O18/c1-5-9(26)13(30)15(32)22(36-5)40-18-11(28)7(3)37-23(17(18)34)42-20-14(31)10(27)6(2)38-24(20)41-19-12(29)8(4-25)39-21(35)16(19)33/h5-35H,4H2,1-3H3/t5-,6-,7-,8-,9+,10+,11+,12+,13+,14+,15+,16+,17+,18+,19+,20+,21+,22-,23-,24-/m0/s1. The molecule has 4 fully saturated rings. The van der Waals surface area contributed by atoms with Crippen LogP contribution < -0.4 is 0 Å². The van der Waals surface area contributed by atoms with Gasteiger partial charge in [0.15, 0.2) is 25.2 Å². The molecule has 4 aliphatic rings. The lowest BCUT2D eigenvalue weighted by molar-refractivity contribution is -0.392. The Hall–Kier alpha value is -0.720. The number of hydrogen-bond acceptors (Lipinski definition) is 18. The number of aliphatic hydroxyl groups is 11. The van der Waals surface area contributed by atoms with Crippen LogP contribution in [0.5, 0.6) is 0 Å². The minimum Gasteiger partial charge on any atom is -0.394 e. The van der Waals surface area contributed by atoms with E-state index in [4.69, 9.17) is 33.2 Å². The first kappa shape index (κ1) is 34.2. The average molecular weight is 619 g/mol. The molecule has 4 rings (SSSR count). The molecule has 4 aliphatic heterocycles. The SMILES string of the molecule is C[C@@H]1O[C@@H](O[C@H]2[C@@H](O)[C@H](O[C@H]3[C@H](O[C@H]4[C@@H](O)[C@H](O)O[C@@H](CO)[C@H]4O)O[C@@H](C)[C@@H](O)[C@H]3O)O[C@@H](C)[C@H]2O)[C@H](O)[C@H](O)[C@@H]1O. The average Bonchev–Trinajstić information content (AvgIpc) is 2.95. The van der Waals surface area contributed by atoms with Crippen LogP contribution in [-0.2, 0) is 33.2 Å². The minimum atomic E-state index is -1.87. The van der Waals surface area contributed by atoms with Crippen LogP contribution in [0.4, 0.5) is 0 Å². The van der Waals surface area contributed by atoms with Crippen LogP contribution in [-0.4, -0.2) is 186 Å². The van der Waals surface area contributed by atoms with E-state index in [2.05, 4.69) is 0 Å². The third kappa shape index (κ3) is 6.62. The molecule has 20 atom stereocenters. The van der Waals surface area contributed by atoms with Gasteiger partial charge in [-0.25, -0.2) is 0 Å². The lowest BCUT2D eigenvalue weighted by atomic mass is 9.96. The largest absolute Gasteiger partial charge is 0.394 e. The quantitative estimate of drug-likeness (QED) is 0.126. The van der Waals surface area contributed by atoms with Gasteiger partial charge >= 0.3 is 0 Å². The molecule has 0 saturated carbocycles. The Morgan fingerprint density at radius 1 is 0.429 bits per heavy atom. The van der Waals surface area contributed by atoms with Crippen LogP contribution in [0.1, 0.15) is 20.8 Å². The van der Waals surface area contributed by atoms with Crippen LogP contribution in [0, 0.1) is 0 Å². The fourth-order valence-electron chi connectivity index (χ4n) is 5.35.